The summed E-state index contributed by atoms with van der Waals surface area (Å²) in [6.45, 7) is 11.6. The van der Waals surface area contributed by atoms with E-state index < -0.39 is 5.60 Å². The molecule has 3 atom stereocenters. The Bertz CT molecular complexity index is 510. The molecule has 1 aliphatic rings. The third-order valence-corrected chi connectivity index (χ3v) is 4.32. The highest BCUT2D eigenvalue weighted by Crippen LogP contribution is 2.22. The van der Waals surface area contributed by atoms with Gasteiger partial charge in [0.25, 0.3) is 0 Å². The molecule has 0 bridgehead atoms. The van der Waals surface area contributed by atoms with Crippen molar-refractivity contribution in [2.75, 3.05) is 13.1 Å². The predicted octanol–water partition coefficient (Wildman–Crippen LogP) is 3.98. The summed E-state index contributed by atoms with van der Waals surface area (Å²) in [7, 11) is 0. The third-order valence-electron chi connectivity index (χ3n) is 4.32. The second-order valence-corrected chi connectivity index (χ2v) is 7.60. The van der Waals surface area contributed by atoms with Crippen LogP contribution in [0.5, 0.6) is 0 Å². The highest BCUT2D eigenvalue weighted by atomic mass is 16.6. The number of ether oxygens (including phenoxy) is 1. The molecule has 1 saturated heterocycles. The maximum absolute atomic E-state index is 12.2. The van der Waals surface area contributed by atoms with Crippen LogP contribution in [-0.4, -0.2) is 35.7 Å². The van der Waals surface area contributed by atoms with Gasteiger partial charge >= 0.3 is 6.09 Å². The van der Waals surface area contributed by atoms with Gasteiger partial charge in [0.2, 0.25) is 0 Å². The van der Waals surface area contributed by atoms with Crippen molar-refractivity contribution in [3.05, 3.63) is 35.9 Å². The SMILES string of the molecule is CC(N[C@H]1CCN(C(=O)OC(C)(C)C)C[C@H]1C)c1ccccc1. The lowest BCUT2D eigenvalue weighted by atomic mass is 9.92. The van der Waals surface area contributed by atoms with Gasteiger partial charge in [-0.3, -0.25) is 0 Å². The summed E-state index contributed by atoms with van der Waals surface area (Å²) in [5.41, 5.74) is 0.867. The lowest BCUT2D eigenvalue weighted by Crippen LogP contribution is -2.51. The van der Waals surface area contributed by atoms with Gasteiger partial charge in [0.15, 0.2) is 0 Å². The van der Waals surface area contributed by atoms with E-state index in [9.17, 15) is 4.79 Å². The van der Waals surface area contributed by atoms with Gasteiger partial charge in [-0.1, -0.05) is 37.3 Å². The molecule has 4 heteroatoms. The van der Waals surface area contributed by atoms with Crippen LogP contribution in [0.2, 0.25) is 0 Å². The predicted molar refractivity (Wildman–Crippen MR) is 93.4 cm³/mol. The summed E-state index contributed by atoms with van der Waals surface area (Å²) >= 11 is 0. The molecule has 0 saturated carbocycles. The van der Waals surface area contributed by atoms with Crippen LogP contribution in [-0.2, 0) is 4.74 Å². The van der Waals surface area contributed by atoms with Gasteiger partial charge < -0.3 is 15.0 Å². The standard InChI is InChI=1S/C19H30N2O2/c1-14-13-21(18(22)23-19(3,4)5)12-11-17(14)20-15(2)16-9-7-6-8-10-16/h6-10,14-15,17,20H,11-13H2,1-5H3/t14-,15?,17+/m1/s1. The van der Waals surface area contributed by atoms with E-state index >= 15 is 0 Å². The number of likely N-dealkylation sites (tertiary alicyclic amines) is 1. The number of amides is 1. The Morgan fingerprint density at radius 3 is 2.52 bits per heavy atom. The van der Waals surface area contributed by atoms with Crippen molar-refractivity contribution in [3.63, 3.8) is 0 Å². The van der Waals surface area contributed by atoms with Gasteiger partial charge in [0.05, 0.1) is 0 Å². The molecule has 2 rings (SSSR count). The quantitative estimate of drug-likeness (QED) is 0.916. The molecule has 1 amide bonds. The number of nitrogens with zero attached hydrogens (tertiary/aromatic N) is 1. The number of hydrogen-bond acceptors (Lipinski definition) is 3. The Balaban J connectivity index is 1.88. The van der Waals surface area contributed by atoms with E-state index in [-0.39, 0.29) is 6.09 Å². The lowest BCUT2D eigenvalue weighted by Gasteiger charge is -2.39. The van der Waals surface area contributed by atoms with Crippen molar-refractivity contribution < 1.29 is 9.53 Å². The molecular weight excluding hydrogens is 288 g/mol. The first-order valence-corrected chi connectivity index (χ1v) is 8.55. The Hall–Kier alpha value is -1.55. The van der Waals surface area contributed by atoms with E-state index in [0.717, 1.165) is 19.5 Å². The van der Waals surface area contributed by atoms with E-state index in [2.05, 4.69) is 43.4 Å². The van der Waals surface area contributed by atoms with E-state index in [4.69, 9.17) is 4.74 Å². The summed E-state index contributed by atoms with van der Waals surface area (Å²) in [6.07, 6.45) is 0.760. The van der Waals surface area contributed by atoms with Crippen molar-refractivity contribution in [2.24, 2.45) is 5.92 Å². The van der Waals surface area contributed by atoms with Gasteiger partial charge in [-0.25, -0.2) is 4.79 Å². The highest BCUT2D eigenvalue weighted by Gasteiger charge is 2.31. The number of carbonyl (C=O) groups is 1. The Morgan fingerprint density at radius 2 is 1.96 bits per heavy atom. The lowest BCUT2D eigenvalue weighted by molar-refractivity contribution is 0.0139. The van der Waals surface area contributed by atoms with Gasteiger partial charge in [-0.15, -0.1) is 0 Å². The Morgan fingerprint density at radius 1 is 1.30 bits per heavy atom. The zero-order chi connectivity index (χ0) is 17.0. The second kappa shape index (κ2) is 7.35. The first-order chi connectivity index (χ1) is 10.8. The molecule has 1 N–H and O–H groups in total. The number of benzene rings is 1. The monoisotopic (exact) mass is 318 g/mol. The van der Waals surface area contributed by atoms with Crippen LogP contribution < -0.4 is 5.32 Å². The minimum Gasteiger partial charge on any atom is -0.444 e. The molecule has 0 radical (unpaired) electrons. The number of rotatable bonds is 3. The van der Waals surface area contributed by atoms with Crippen LogP contribution >= 0.6 is 0 Å². The molecule has 1 heterocycles. The van der Waals surface area contributed by atoms with E-state index in [1.54, 1.807) is 0 Å². The second-order valence-electron chi connectivity index (χ2n) is 7.60. The van der Waals surface area contributed by atoms with E-state index in [1.165, 1.54) is 5.56 Å². The van der Waals surface area contributed by atoms with Crippen LogP contribution in [0.3, 0.4) is 0 Å². The minimum absolute atomic E-state index is 0.195. The number of hydrogen-bond donors (Lipinski definition) is 1. The largest absolute Gasteiger partial charge is 0.444 e. The summed E-state index contributed by atoms with van der Waals surface area (Å²) in [4.78, 5) is 14.0. The average Bonchev–Trinajstić information content (AvgIpc) is 2.48. The third kappa shape index (κ3) is 5.24. The van der Waals surface area contributed by atoms with Crippen LogP contribution in [0.1, 0.15) is 52.6 Å². The average molecular weight is 318 g/mol. The van der Waals surface area contributed by atoms with Crippen LogP contribution in [0.4, 0.5) is 4.79 Å². The molecule has 1 aliphatic heterocycles. The summed E-state index contributed by atoms with van der Waals surface area (Å²) in [5.74, 6) is 0.405. The van der Waals surface area contributed by atoms with Gasteiger partial charge in [-0.05, 0) is 45.6 Å². The first kappa shape index (κ1) is 17.8. The van der Waals surface area contributed by atoms with Crippen LogP contribution in [0, 0.1) is 5.92 Å². The van der Waals surface area contributed by atoms with Gasteiger partial charge in [0.1, 0.15) is 5.60 Å². The van der Waals surface area contributed by atoms with E-state index in [0.29, 0.717) is 18.0 Å². The number of piperidine rings is 1. The smallest absolute Gasteiger partial charge is 0.410 e. The molecule has 0 spiro atoms. The molecule has 4 nitrogen and oxygen atoms in total. The molecule has 0 aliphatic carbocycles. The number of carbonyl (C=O) groups excluding carboxylic acids is 1. The summed E-state index contributed by atoms with van der Waals surface area (Å²) < 4.78 is 5.48. The zero-order valence-electron chi connectivity index (χ0n) is 15.0. The van der Waals surface area contributed by atoms with E-state index in [1.807, 2.05) is 31.7 Å². The van der Waals surface area contributed by atoms with Crippen molar-refractivity contribution >= 4 is 6.09 Å². The van der Waals surface area contributed by atoms with Gasteiger partial charge in [-0.2, -0.15) is 0 Å². The topological polar surface area (TPSA) is 41.6 Å². The fourth-order valence-electron chi connectivity index (χ4n) is 3.04. The zero-order valence-corrected chi connectivity index (χ0v) is 15.0. The van der Waals surface area contributed by atoms with Crippen LogP contribution in [0.25, 0.3) is 0 Å². The maximum Gasteiger partial charge on any atom is 0.410 e. The Kier molecular flexibility index (Phi) is 5.69. The normalized spacial score (nSPS) is 23.4. The first-order valence-electron chi connectivity index (χ1n) is 8.55. The molecule has 0 aromatic heterocycles. The highest BCUT2D eigenvalue weighted by molar-refractivity contribution is 5.68. The Labute approximate surface area is 140 Å². The fourth-order valence-corrected chi connectivity index (χ4v) is 3.04. The summed E-state index contributed by atoms with van der Waals surface area (Å²) in [5, 5.41) is 3.71. The fraction of sp³-hybridized carbons (Fsp3) is 0.632. The molecule has 1 aromatic carbocycles. The van der Waals surface area contributed by atoms with Crippen molar-refractivity contribution in [1.82, 2.24) is 10.2 Å². The maximum atomic E-state index is 12.2. The van der Waals surface area contributed by atoms with Crippen molar-refractivity contribution in [3.8, 4) is 0 Å². The summed E-state index contributed by atoms with van der Waals surface area (Å²) in [6, 6.07) is 11.2. The van der Waals surface area contributed by atoms with Gasteiger partial charge in [0, 0.05) is 25.2 Å². The molecule has 1 unspecified atom stereocenters. The molecule has 1 fully saturated rings. The minimum atomic E-state index is -0.433. The number of nitrogens with one attached hydrogen (secondary N) is 1. The molecule has 23 heavy (non-hydrogen) atoms. The van der Waals surface area contributed by atoms with Crippen LogP contribution in [0.15, 0.2) is 30.3 Å². The molecule has 128 valence electrons. The van der Waals surface area contributed by atoms with Crippen molar-refractivity contribution in [1.29, 1.82) is 0 Å². The van der Waals surface area contributed by atoms with Crippen molar-refractivity contribution in [2.45, 2.75) is 58.7 Å². The molecular formula is C19H30N2O2. The molecule has 1 aromatic rings.